The van der Waals surface area contributed by atoms with Crippen LogP contribution in [0.15, 0.2) is 40.9 Å². The monoisotopic (exact) mass is 570 g/mol. The van der Waals surface area contributed by atoms with E-state index in [4.69, 9.17) is 21.1 Å². The molecule has 0 bridgehead atoms. The molecule has 0 heterocycles. The van der Waals surface area contributed by atoms with Crippen LogP contribution in [0, 0.1) is 17.8 Å². The Morgan fingerprint density at radius 3 is 2.47 bits per heavy atom. The van der Waals surface area contributed by atoms with Crippen LogP contribution in [-0.4, -0.2) is 46.9 Å². The number of carbonyl (C=O) groups is 1. The Bertz CT molecular complexity index is 1160. The Morgan fingerprint density at radius 2 is 1.88 bits per heavy atom. The van der Waals surface area contributed by atoms with Gasteiger partial charge >= 0.3 is 0 Å². The van der Waals surface area contributed by atoms with Gasteiger partial charge in [0.05, 0.1) is 17.8 Å². The number of halogens is 2. The van der Waals surface area contributed by atoms with Crippen molar-refractivity contribution in [3.8, 4) is 23.3 Å². The fourth-order valence-electron chi connectivity index (χ4n) is 3.00. The van der Waals surface area contributed by atoms with E-state index in [-0.39, 0.29) is 18.4 Å². The zero-order valence-electron chi connectivity index (χ0n) is 19.4. The molecule has 10 heteroatoms. The van der Waals surface area contributed by atoms with Crippen LogP contribution in [0.1, 0.15) is 25.0 Å². The van der Waals surface area contributed by atoms with Gasteiger partial charge in [-0.25, -0.2) is 13.1 Å². The number of methoxy groups -OCH3 is 1. The van der Waals surface area contributed by atoms with Gasteiger partial charge in [-0.3, -0.25) is 4.79 Å². The summed E-state index contributed by atoms with van der Waals surface area (Å²) in [5.74, 6) is 6.46. The largest absolute Gasteiger partial charge is 0.493 e. The summed E-state index contributed by atoms with van der Waals surface area (Å²) in [4.78, 5) is 12.5. The lowest BCUT2D eigenvalue weighted by atomic mass is 10.0. The normalized spacial score (nSPS) is 12.0. The van der Waals surface area contributed by atoms with Crippen molar-refractivity contribution in [1.29, 1.82) is 0 Å². The van der Waals surface area contributed by atoms with Crippen LogP contribution in [0.3, 0.4) is 0 Å². The average molecular weight is 572 g/mol. The summed E-state index contributed by atoms with van der Waals surface area (Å²) in [5.41, 5.74) is 1.74. The first-order valence-corrected chi connectivity index (χ1v) is 13.5. The summed E-state index contributed by atoms with van der Waals surface area (Å²) in [6, 6.07) is 10.1. The second kappa shape index (κ2) is 13.0. The standard InChI is InChI=1S/C24H28BrClN2O5S/c1-16(2)22(28-34(4,30)31)24(29)27-12-11-18-14-20(25)23(21(15-18)32-3)33-13-5-6-17-7-9-19(26)10-8-17/h7-10,14-16,22,28H,11-13H2,1-4H3,(H,27,29). The first kappa shape index (κ1) is 28.0. The Kier molecular flexibility index (Phi) is 10.7. The van der Waals surface area contributed by atoms with Crippen LogP contribution < -0.4 is 19.5 Å². The van der Waals surface area contributed by atoms with Gasteiger partial charge in [0.2, 0.25) is 15.9 Å². The van der Waals surface area contributed by atoms with E-state index >= 15 is 0 Å². The van der Waals surface area contributed by atoms with E-state index in [1.54, 1.807) is 33.1 Å². The van der Waals surface area contributed by atoms with Gasteiger partial charge in [0.25, 0.3) is 0 Å². The Morgan fingerprint density at radius 1 is 1.21 bits per heavy atom. The number of amides is 1. The molecule has 0 spiro atoms. The fourth-order valence-corrected chi connectivity index (χ4v) is 4.57. The van der Waals surface area contributed by atoms with E-state index < -0.39 is 16.1 Å². The summed E-state index contributed by atoms with van der Waals surface area (Å²) < 4.78 is 37.4. The van der Waals surface area contributed by atoms with Crippen molar-refractivity contribution in [2.75, 3.05) is 26.5 Å². The van der Waals surface area contributed by atoms with E-state index in [1.807, 2.05) is 24.3 Å². The van der Waals surface area contributed by atoms with E-state index in [0.717, 1.165) is 17.4 Å². The van der Waals surface area contributed by atoms with Crippen molar-refractivity contribution in [2.45, 2.75) is 26.3 Å². The van der Waals surface area contributed by atoms with Crippen molar-refractivity contribution < 1.29 is 22.7 Å². The predicted octanol–water partition coefficient (Wildman–Crippen LogP) is 3.77. The molecule has 0 aromatic heterocycles. The number of carbonyl (C=O) groups excluding carboxylic acids is 1. The molecule has 0 aliphatic rings. The number of hydrogen-bond acceptors (Lipinski definition) is 5. The number of rotatable bonds is 10. The molecule has 2 aromatic carbocycles. The molecule has 0 saturated heterocycles. The Labute approximate surface area is 214 Å². The van der Waals surface area contributed by atoms with Crippen LogP contribution in [0.5, 0.6) is 11.5 Å². The second-order valence-electron chi connectivity index (χ2n) is 7.86. The molecule has 2 rings (SSSR count). The van der Waals surface area contributed by atoms with E-state index in [0.29, 0.717) is 34.0 Å². The molecule has 34 heavy (non-hydrogen) atoms. The van der Waals surface area contributed by atoms with E-state index in [1.165, 1.54) is 0 Å². The minimum absolute atomic E-state index is 0.164. The maximum atomic E-state index is 12.5. The van der Waals surface area contributed by atoms with E-state index in [9.17, 15) is 13.2 Å². The summed E-state index contributed by atoms with van der Waals surface area (Å²) in [5, 5.41) is 3.44. The zero-order chi connectivity index (χ0) is 25.3. The number of hydrogen-bond donors (Lipinski definition) is 2. The van der Waals surface area contributed by atoms with Crippen molar-refractivity contribution in [2.24, 2.45) is 5.92 Å². The maximum Gasteiger partial charge on any atom is 0.238 e. The van der Waals surface area contributed by atoms with Gasteiger partial charge in [-0.2, -0.15) is 0 Å². The third-order valence-electron chi connectivity index (χ3n) is 4.66. The smallest absolute Gasteiger partial charge is 0.238 e. The summed E-state index contributed by atoms with van der Waals surface area (Å²) in [6.07, 6.45) is 1.55. The predicted molar refractivity (Wildman–Crippen MR) is 138 cm³/mol. The van der Waals surface area contributed by atoms with Crippen LogP contribution in [0.4, 0.5) is 0 Å². The highest BCUT2D eigenvalue weighted by atomic mass is 79.9. The van der Waals surface area contributed by atoms with Gasteiger partial charge in [0.15, 0.2) is 11.5 Å². The molecule has 0 aliphatic heterocycles. The molecule has 2 aromatic rings. The van der Waals surface area contributed by atoms with Crippen LogP contribution in [0.2, 0.25) is 5.02 Å². The van der Waals surface area contributed by atoms with Crippen molar-refractivity contribution in [3.63, 3.8) is 0 Å². The lowest BCUT2D eigenvalue weighted by molar-refractivity contribution is -0.123. The Hall–Kier alpha value is -2.25. The van der Waals surface area contributed by atoms with Crippen LogP contribution in [0.25, 0.3) is 0 Å². The zero-order valence-corrected chi connectivity index (χ0v) is 22.6. The highest BCUT2D eigenvalue weighted by Gasteiger charge is 2.25. The van der Waals surface area contributed by atoms with Crippen LogP contribution >= 0.6 is 27.5 Å². The number of sulfonamides is 1. The lowest BCUT2D eigenvalue weighted by Gasteiger charge is -2.20. The number of nitrogens with one attached hydrogen (secondary N) is 2. The SMILES string of the molecule is COc1cc(CCNC(=O)C(NS(C)(=O)=O)C(C)C)cc(Br)c1OCC#Cc1ccc(Cl)cc1. The third kappa shape index (κ3) is 9.18. The summed E-state index contributed by atoms with van der Waals surface area (Å²) >= 11 is 9.38. The fraction of sp³-hybridized carbons (Fsp3) is 0.375. The molecule has 0 fully saturated rings. The van der Waals surface area contributed by atoms with Crippen LogP contribution in [-0.2, 0) is 21.2 Å². The van der Waals surface area contributed by atoms with Crippen molar-refractivity contribution in [1.82, 2.24) is 10.0 Å². The molecule has 0 radical (unpaired) electrons. The molecule has 0 aliphatic carbocycles. The van der Waals surface area contributed by atoms with Gasteiger partial charge in [-0.1, -0.05) is 37.3 Å². The van der Waals surface area contributed by atoms with Gasteiger partial charge < -0.3 is 14.8 Å². The molecule has 2 N–H and O–H groups in total. The van der Waals surface area contributed by atoms with Gasteiger partial charge in [-0.05, 0) is 70.2 Å². The van der Waals surface area contributed by atoms with Crippen molar-refractivity contribution in [3.05, 3.63) is 57.0 Å². The Balaban J connectivity index is 1.98. The quantitative estimate of drug-likeness (QED) is 0.424. The van der Waals surface area contributed by atoms with Gasteiger partial charge in [-0.15, -0.1) is 0 Å². The molecule has 1 atom stereocenters. The highest BCUT2D eigenvalue weighted by molar-refractivity contribution is 9.10. The minimum Gasteiger partial charge on any atom is -0.493 e. The first-order valence-electron chi connectivity index (χ1n) is 10.5. The first-order chi connectivity index (χ1) is 16.0. The summed E-state index contributed by atoms with van der Waals surface area (Å²) in [6.45, 7) is 4.05. The minimum atomic E-state index is -3.50. The van der Waals surface area contributed by atoms with Crippen molar-refractivity contribution >= 4 is 43.5 Å². The molecule has 1 amide bonds. The van der Waals surface area contributed by atoms with Gasteiger partial charge in [0.1, 0.15) is 12.6 Å². The third-order valence-corrected chi connectivity index (χ3v) is 6.18. The second-order valence-corrected chi connectivity index (χ2v) is 10.9. The molecular formula is C24H28BrClN2O5S. The maximum absolute atomic E-state index is 12.5. The van der Waals surface area contributed by atoms with E-state index in [2.05, 4.69) is 37.8 Å². The molecule has 1 unspecified atom stereocenters. The number of ether oxygens (including phenoxy) is 2. The highest BCUT2D eigenvalue weighted by Crippen LogP contribution is 2.36. The molecule has 0 saturated carbocycles. The molecular weight excluding hydrogens is 544 g/mol. The topological polar surface area (TPSA) is 93.7 Å². The molecule has 7 nitrogen and oxygen atoms in total. The lowest BCUT2D eigenvalue weighted by Crippen LogP contribution is -2.49. The summed E-state index contributed by atoms with van der Waals surface area (Å²) in [7, 11) is -1.95. The molecule has 184 valence electrons. The van der Waals surface area contributed by atoms with Gasteiger partial charge in [0, 0.05) is 17.1 Å². The number of benzene rings is 2. The average Bonchev–Trinajstić information content (AvgIpc) is 2.76.